The van der Waals surface area contributed by atoms with Crippen LogP contribution in [0.4, 0.5) is 11.4 Å². The van der Waals surface area contributed by atoms with E-state index in [9.17, 15) is 9.59 Å². The number of nitrogens with one attached hydrogen (secondary N) is 2. The highest BCUT2D eigenvalue weighted by Crippen LogP contribution is 2.28. The molecule has 0 aromatic heterocycles. The molecular formula is C23H30N4O4. The zero-order valence-electron chi connectivity index (χ0n) is 18.5. The predicted octanol–water partition coefficient (Wildman–Crippen LogP) is 2.59. The molecule has 1 aliphatic heterocycles. The Kier molecular flexibility index (Phi) is 7.49. The van der Waals surface area contributed by atoms with Crippen LogP contribution < -0.4 is 20.1 Å². The van der Waals surface area contributed by atoms with Crippen LogP contribution >= 0.6 is 0 Å². The third-order valence-corrected chi connectivity index (χ3v) is 5.41. The molecule has 1 atom stereocenters. The first-order valence-electron chi connectivity index (χ1n) is 10.2. The van der Waals surface area contributed by atoms with E-state index in [1.165, 1.54) is 12.5 Å². The third-order valence-electron chi connectivity index (χ3n) is 5.41. The molecule has 2 amide bonds. The van der Waals surface area contributed by atoms with Gasteiger partial charge in [0.1, 0.15) is 11.5 Å². The summed E-state index contributed by atoms with van der Waals surface area (Å²) in [6.07, 6.45) is 0. The topological polar surface area (TPSA) is 83.1 Å². The van der Waals surface area contributed by atoms with Crippen LogP contribution in [-0.2, 0) is 9.59 Å². The monoisotopic (exact) mass is 426 g/mol. The third kappa shape index (κ3) is 5.96. The van der Waals surface area contributed by atoms with E-state index in [1.807, 2.05) is 12.1 Å². The molecule has 0 spiro atoms. The summed E-state index contributed by atoms with van der Waals surface area (Å²) in [5.74, 6) is 1.08. The van der Waals surface area contributed by atoms with Crippen LogP contribution in [0, 0.1) is 0 Å². The number of carbonyl (C=O) groups excluding carboxylic acids is 2. The van der Waals surface area contributed by atoms with E-state index >= 15 is 0 Å². The number of hydrogen-bond donors (Lipinski definition) is 2. The largest absolute Gasteiger partial charge is 0.497 e. The van der Waals surface area contributed by atoms with Crippen LogP contribution in [0.25, 0.3) is 0 Å². The second kappa shape index (κ2) is 10.3. The number of piperazine rings is 1. The number of benzene rings is 2. The zero-order chi connectivity index (χ0) is 22.4. The van der Waals surface area contributed by atoms with Crippen LogP contribution in [0.3, 0.4) is 0 Å². The quantitative estimate of drug-likeness (QED) is 0.708. The smallest absolute Gasteiger partial charge is 0.238 e. The van der Waals surface area contributed by atoms with Gasteiger partial charge in [0.25, 0.3) is 0 Å². The van der Waals surface area contributed by atoms with Gasteiger partial charge in [-0.3, -0.25) is 19.4 Å². The number of anilines is 2. The molecule has 0 radical (unpaired) electrons. The van der Waals surface area contributed by atoms with Crippen molar-refractivity contribution in [3.8, 4) is 11.5 Å². The summed E-state index contributed by atoms with van der Waals surface area (Å²) < 4.78 is 10.5. The molecule has 3 rings (SSSR count). The van der Waals surface area contributed by atoms with Crippen molar-refractivity contribution in [2.45, 2.75) is 13.0 Å². The highest BCUT2D eigenvalue weighted by Gasteiger charge is 2.27. The van der Waals surface area contributed by atoms with E-state index in [0.717, 1.165) is 25.4 Å². The fourth-order valence-electron chi connectivity index (χ4n) is 3.71. The Labute approximate surface area is 183 Å². The molecule has 0 aliphatic carbocycles. The molecule has 1 heterocycles. The minimum Gasteiger partial charge on any atom is -0.497 e. The fourth-order valence-corrected chi connectivity index (χ4v) is 3.71. The Bertz CT molecular complexity index is 916. The minimum atomic E-state index is -0.206. The highest BCUT2D eigenvalue weighted by atomic mass is 16.5. The van der Waals surface area contributed by atoms with Crippen molar-refractivity contribution in [3.05, 3.63) is 48.0 Å². The Balaban J connectivity index is 1.66. The van der Waals surface area contributed by atoms with E-state index in [0.29, 0.717) is 17.1 Å². The standard InChI is InChI=1S/C23H30N4O4/c1-16(28)24-20-10-9-19(31-4)13-21(20)25-23(29)15-27-12-11-26(2)22(14-27)17-5-7-18(30-3)8-6-17/h5-10,13,22H,11-12,14-15H2,1-4H3,(H,24,28)(H,25,29)/t22-/m1/s1. The normalized spacial score (nSPS) is 17.1. The van der Waals surface area contributed by atoms with Gasteiger partial charge in [0.2, 0.25) is 11.8 Å². The molecule has 0 saturated carbocycles. The highest BCUT2D eigenvalue weighted by molar-refractivity contribution is 5.99. The van der Waals surface area contributed by atoms with Crippen molar-refractivity contribution in [2.24, 2.45) is 0 Å². The van der Waals surface area contributed by atoms with Crippen molar-refractivity contribution >= 4 is 23.2 Å². The van der Waals surface area contributed by atoms with Gasteiger partial charge in [-0.25, -0.2) is 0 Å². The van der Waals surface area contributed by atoms with E-state index < -0.39 is 0 Å². The summed E-state index contributed by atoms with van der Waals surface area (Å²) in [6, 6.07) is 13.4. The lowest BCUT2D eigenvalue weighted by atomic mass is 10.0. The van der Waals surface area contributed by atoms with Gasteiger partial charge in [-0.05, 0) is 36.9 Å². The SMILES string of the molecule is COc1ccc([C@H]2CN(CC(=O)Nc3cc(OC)ccc3NC(C)=O)CCN2C)cc1. The van der Waals surface area contributed by atoms with Crippen molar-refractivity contribution < 1.29 is 19.1 Å². The lowest BCUT2D eigenvalue weighted by molar-refractivity contribution is -0.118. The van der Waals surface area contributed by atoms with Gasteiger partial charge in [0.05, 0.1) is 32.1 Å². The summed E-state index contributed by atoms with van der Waals surface area (Å²) in [5.41, 5.74) is 2.24. The van der Waals surface area contributed by atoms with Crippen LogP contribution in [0.1, 0.15) is 18.5 Å². The van der Waals surface area contributed by atoms with E-state index in [1.54, 1.807) is 32.4 Å². The molecule has 31 heavy (non-hydrogen) atoms. The van der Waals surface area contributed by atoms with E-state index in [4.69, 9.17) is 9.47 Å². The maximum Gasteiger partial charge on any atom is 0.238 e. The summed E-state index contributed by atoms with van der Waals surface area (Å²) in [5, 5.41) is 5.65. The van der Waals surface area contributed by atoms with Gasteiger partial charge in [0.15, 0.2) is 0 Å². The first kappa shape index (κ1) is 22.6. The lowest BCUT2D eigenvalue weighted by Gasteiger charge is -2.39. The van der Waals surface area contributed by atoms with Crippen LogP contribution in [-0.4, -0.2) is 69.1 Å². The van der Waals surface area contributed by atoms with Gasteiger partial charge in [-0.1, -0.05) is 12.1 Å². The number of likely N-dealkylation sites (N-methyl/N-ethyl adjacent to an activating group) is 1. The van der Waals surface area contributed by atoms with Crippen molar-refractivity contribution in [3.63, 3.8) is 0 Å². The number of hydrogen-bond acceptors (Lipinski definition) is 6. The first-order chi connectivity index (χ1) is 14.9. The summed E-state index contributed by atoms with van der Waals surface area (Å²) >= 11 is 0. The number of ether oxygens (including phenoxy) is 2. The van der Waals surface area contributed by atoms with Crippen LogP contribution in [0.5, 0.6) is 11.5 Å². The molecule has 0 unspecified atom stereocenters. The summed E-state index contributed by atoms with van der Waals surface area (Å²) in [7, 11) is 5.31. The minimum absolute atomic E-state index is 0.141. The molecular weight excluding hydrogens is 396 g/mol. The molecule has 166 valence electrons. The number of rotatable bonds is 7. The number of methoxy groups -OCH3 is 2. The average molecular weight is 427 g/mol. The molecule has 2 aromatic carbocycles. The van der Waals surface area contributed by atoms with Gasteiger partial charge < -0.3 is 20.1 Å². The molecule has 0 bridgehead atoms. The molecule has 8 nitrogen and oxygen atoms in total. The van der Waals surface area contributed by atoms with Crippen molar-refractivity contribution in [1.29, 1.82) is 0 Å². The number of carbonyl (C=O) groups is 2. The van der Waals surface area contributed by atoms with Gasteiger partial charge in [-0.15, -0.1) is 0 Å². The Morgan fingerprint density at radius 2 is 1.65 bits per heavy atom. The lowest BCUT2D eigenvalue weighted by Crippen LogP contribution is -2.48. The molecule has 8 heteroatoms. The number of amides is 2. The molecule has 1 fully saturated rings. The van der Waals surface area contributed by atoms with Crippen LogP contribution in [0.15, 0.2) is 42.5 Å². The molecule has 1 saturated heterocycles. The second-order valence-corrected chi connectivity index (χ2v) is 7.65. The van der Waals surface area contributed by atoms with E-state index in [2.05, 4.69) is 39.6 Å². The Morgan fingerprint density at radius 3 is 2.29 bits per heavy atom. The Morgan fingerprint density at radius 1 is 0.968 bits per heavy atom. The van der Waals surface area contributed by atoms with Crippen molar-refractivity contribution in [1.82, 2.24) is 9.80 Å². The predicted molar refractivity (Wildman–Crippen MR) is 121 cm³/mol. The zero-order valence-corrected chi connectivity index (χ0v) is 18.5. The Hall–Kier alpha value is -3.10. The fraction of sp³-hybridized carbons (Fsp3) is 0.391. The molecule has 2 N–H and O–H groups in total. The molecule has 2 aromatic rings. The number of nitrogens with zero attached hydrogens (tertiary/aromatic N) is 2. The molecule has 1 aliphatic rings. The maximum atomic E-state index is 12.8. The first-order valence-corrected chi connectivity index (χ1v) is 10.2. The summed E-state index contributed by atoms with van der Waals surface area (Å²) in [4.78, 5) is 28.7. The van der Waals surface area contributed by atoms with Crippen LogP contribution in [0.2, 0.25) is 0 Å². The summed E-state index contributed by atoms with van der Waals surface area (Å²) in [6.45, 7) is 4.09. The average Bonchev–Trinajstić information content (AvgIpc) is 2.76. The van der Waals surface area contributed by atoms with Gasteiger partial charge >= 0.3 is 0 Å². The van der Waals surface area contributed by atoms with E-state index in [-0.39, 0.29) is 24.4 Å². The van der Waals surface area contributed by atoms with Gasteiger partial charge in [-0.2, -0.15) is 0 Å². The van der Waals surface area contributed by atoms with Crippen molar-refractivity contribution in [2.75, 3.05) is 58.1 Å². The van der Waals surface area contributed by atoms with Gasteiger partial charge in [0, 0.05) is 38.7 Å². The maximum absolute atomic E-state index is 12.8. The second-order valence-electron chi connectivity index (χ2n) is 7.65.